The molecule has 0 aliphatic heterocycles. The third-order valence-electron chi connectivity index (χ3n) is 5.97. The van der Waals surface area contributed by atoms with Crippen molar-refractivity contribution in [2.24, 2.45) is 5.92 Å². The number of nitrogens with one attached hydrogen (secondary N) is 3. The third-order valence-corrected chi connectivity index (χ3v) is 7.50. The zero-order valence-electron chi connectivity index (χ0n) is 19.7. The number of hydrogen-bond donors (Lipinski definition) is 3. The van der Waals surface area contributed by atoms with Crippen LogP contribution in [0.3, 0.4) is 0 Å². The molecule has 0 bridgehead atoms. The number of hydrogen-bond acceptors (Lipinski definition) is 4. The highest BCUT2D eigenvalue weighted by Crippen LogP contribution is 2.24. The van der Waals surface area contributed by atoms with E-state index < -0.39 is 28.0 Å². The van der Waals surface area contributed by atoms with Gasteiger partial charge in [0.15, 0.2) is 0 Å². The fourth-order valence-corrected chi connectivity index (χ4v) is 5.75. The maximum atomic E-state index is 13.3. The van der Waals surface area contributed by atoms with Crippen LogP contribution in [0.1, 0.15) is 25.8 Å². The van der Waals surface area contributed by atoms with Crippen LogP contribution in [0, 0.1) is 5.92 Å². The van der Waals surface area contributed by atoms with E-state index in [0.717, 1.165) is 21.9 Å². The minimum absolute atomic E-state index is 0.0456. The summed E-state index contributed by atoms with van der Waals surface area (Å²) in [5.41, 5.74) is 1.84. The van der Waals surface area contributed by atoms with E-state index in [9.17, 15) is 18.0 Å². The van der Waals surface area contributed by atoms with Gasteiger partial charge in [0.05, 0.1) is 10.9 Å². The molecule has 1 heterocycles. The third kappa shape index (κ3) is 5.61. The lowest BCUT2D eigenvalue weighted by Gasteiger charge is -2.22. The molecule has 0 radical (unpaired) electrons. The van der Waals surface area contributed by atoms with Crippen LogP contribution in [0.15, 0.2) is 77.8 Å². The van der Waals surface area contributed by atoms with Crippen LogP contribution in [-0.4, -0.2) is 37.7 Å². The van der Waals surface area contributed by atoms with E-state index >= 15 is 0 Å². The maximum Gasteiger partial charge on any atom is 0.241 e. The Bertz CT molecular complexity index is 1450. The predicted octanol–water partition coefficient (Wildman–Crippen LogP) is 3.94. The number of carbonyl (C=O) groups is 2. The molecule has 0 saturated carbocycles. The number of sulfonamides is 1. The first kappa shape index (κ1) is 24.6. The van der Waals surface area contributed by atoms with Crippen molar-refractivity contribution in [1.29, 1.82) is 0 Å². The minimum atomic E-state index is -4.00. The molecule has 0 aliphatic carbocycles. The number of carbonyl (C=O) groups excluding carboxylic acids is 2. The number of para-hydroxylation sites is 1. The Balaban J connectivity index is 1.55. The Morgan fingerprint density at radius 2 is 1.66 bits per heavy atom. The van der Waals surface area contributed by atoms with Crippen molar-refractivity contribution in [3.05, 3.63) is 78.5 Å². The summed E-state index contributed by atoms with van der Waals surface area (Å²) in [7, 11) is -4.00. The second-order valence-electron chi connectivity index (χ2n) is 9.10. The second kappa shape index (κ2) is 10.4. The molecule has 0 saturated heterocycles. The van der Waals surface area contributed by atoms with E-state index in [1.807, 2.05) is 62.5 Å². The topological polar surface area (TPSA) is 108 Å². The van der Waals surface area contributed by atoms with Crippen LogP contribution >= 0.6 is 0 Å². The summed E-state index contributed by atoms with van der Waals surface area (Å²) in [6.07, 6.45) is 3.09. The molecule has 2 atom stereocenters. The van der Waals surface area contributed by atoms with E-state index in [1.54, 1.807) is 18.2 Å². The van der Waals surface area contributed by atoms with Gasteiger partial charge >= 0.3 is 0 Å². The second-order valence-corrected chi connectivity index (χ2v) is 10.8. The quantitative estimate of drug-likeness (QED) is 0.292. The number of benzene rings is 3. The fourth-order valence-electron chi connectivity index (χ4n) is 4.31. The van der Waals surface area contributed by atoms with E-state index in [2.05, 4.69) is 15.0 Å². The molecule has 1 amide bonds. The Labute approximate surface area is 205 Å². The molecule has 35 heavy (non-hydrogen) atoms. The number of aromatic amines is 1. The Morgan fingerprint density at radius 3 is 2.40 bits per heavy atom. The Morgan fingerprint density at radius 1 is 0.971 bits per heavy atom. The van der Waals surface area contributed by atoms with E-state index in [-0.39, 0.29) is 17.2 Å². The average Bonchev–Trinajstić information content (AvgIpc) is 3.25. The maximum absolute atomic E-state index is 13.3. The fraction of sp³-hybridized carbons (Fsp3) is 0.259. The normalized spacial score (nSPS) is 13.7. The number of fused-ring (bicyclic) bond motifs is 2. The Kier molecular flexibility index (Phi) is 7.33. The molecule has 3 aromatic carbocycles. The highest BCUT2D eigenvalue weighted by molar-refractivity contribution is 7.89. The SMILES string of the molecule is CC(C)C[C@H](NS(=O)(=O)c1cccc2ccccc12)C(=O)N[C@H](C=O)Cc1c[nH]c2ccccc12. The van der Waals surface area contributed by atoms with E-state index in [1.165, 1.54) is 6.07 Å². The van der Waals surface area contributed by atoms with Crippen molar-refractivity contribution in [3.8, 4) is 0 Å². The highest BCUT2D eigenvalue weighted by atomic mass is 32.2. The summed E-state index contributed by atoms with van der Waals surface area (Å²) in [6.45, 7) is 3.82. The molecular formula is C27H29N3O4S. The summed E-state index contributed by atoms with van der Waals surface area (Å²) in [4.78, 5) is 28.3. The molecule has 4 aromatic rings. The van der Waals surface area contributed by atoms with Gasteiger partial charge in [0.2, 0.25) is 15.9 Å². The number of amides is 1. The van der Waals surface area contributed by atoms with Crippen LogP contribution in [0.25, 0.3) is 21.7 Å². The van der Waals surface area contributed by atoms with Crippen LogP contribution in [0.5, 0.6) is 0 Å². The standard InChI is InChI=1S/C27H29N3O4S/c1-18(2)14-25(30-35(33,34)26-13-7-9-19-8-3-4-11-23(19)26)27(32)29-21(17-31)15-20-16-28-24-12-6-5-10-22(20)24/h3-13,16-18,21,25,28,30H,14-15H2,1-2H3,(H,29,32)/t21-,25-/m0/s1. The molecular weight excluding hydrogens is 462 g/mol. The zero-order chi connectivity index (χ0) is 25.0. The first-order valence-corrected chi connectivity index (χ1v) is 13.1. The zero-order valence-corrected chi connectivity index (χ0v) is 20.5. The van der Waals surface area contributed by atoms with E-state index in [0.29, 0.717) is 18.1 Å². The summed E-state index contributed by atoms with van der Waals surface area (Å²) in [6, 6.07) is 18.1. The first-order valence-electron chi connectivity index (χ1n) is 11.6. The minimum Gasteiger partial charge on any atom is -0.361 e. The summed E-state index contributed by atoms with van der Waals surface area (Å²) < 4.78 is 29.3. The Hall–Kier alpha value is -3.49. The van der Waals surface area contributed by atoms with Crippen molar-refractivity contribution in [2.75, 3.05) is 0 Å². The number of H-pyrrole nitrogens is 1. The van der Waals surface area contributed by atoms with Gasteiger partial charge < -0.3 is 15.1 Å². The number of aldehydes is 1. The van der Waals surface area contributed by atoms with Gasteiger partial charge in [-0.2, -0.15) is 4.72 Å². The van der Waals surface area contributed by atoms with Crippen LogP contribution in [0.2, 0.25) is 0 Å². The number of rotatable bonds is 10. The predicted molar refractivity (Wildman–Crippen MR) is 138 cm³/mol. The molecule has 1 aromatic heterocycles. The molecule has 3 N–H and O–H groups in total. The highest BCUT2D eigenvalue weighted by Gasteiger charge is 2.29. The van der Waals surface area contributed by atoms with Crippen molar-refractivity contribution < 1.29 is 18.0 Å². The van der Waals surface area contributed by atoms with Gasteiger partial charge in [-0.1, -0.05) is 68.4 Å². The lowest BCUT2D eigenvalue weighted by molar-refractivity contribution is -0.125. The molecule has 4 rings (SSSR count). The van der Waals surface area contributed by atoms with Gasteiger partial charge in [-0.05, 0) is 35.4 Å². The summed E-state index contributed by atoms with van der Waals surface area (Å²) >= 11 is 0. The van der Waals surface area contributed by atoms with Gasteiger partial charge in [-0.15, -0.1) is 0 Å². The van der Waals surface area contributed by atoms with Gasteiger partial charge in [0.25, 0.3) is 0 Å². The van der Waals surface area contributed by atoms with Crippen LogP contribution in [-0.2, 0) is 26.0 Å². The molecule has 0 aliphatic rings. The van der Waals surface area contributed by atoms with Gasteiger partial charge in [-0.3, -0.25) is 4.79 Å². The van der Waals surface area contributed by atoms with Gasteiger partial charge in [-0.25, -0.2) is 8.42 Å². The lowest BCUT2D eigenvalue weighted by atomic mass is 10.0. The largest absolute Gasteiger partial charge is 0.361 e. The summed E-state index contributed by atoms with van der Waals surface area (Å²) in [5, 5.41) is 5.09. The van der Waals surface area contributed by atoms with Crippen molar-refractivity contribution >= 4 is 43.9 Å². The van der Waals surface area contributed by atoms with Gasteiger partial charge in [0, 0.05) is 28.9 Å². The van der Waals surface area contributed by atoms with Crippen molar-refractivity contribution in [2.45, 2.75) is 43.7 Å². The molecule has 8 heteroatoms. The number of aromatic nitrogens is 1. The van der Waals surface area contributed by atoms with E-state index in [4.69, 9.17) is 0 Å². The monoisotopic (exact) mass is 491 g/mol. The average molecular weight is 492 g/mol. The first-order chi connectivity index (χ1) is 16.8. The molecule has 0 spiro atoms. The molecule has 0 unspecified atom stereocenters. The smallest absolute Gasteiger partial charge is 0.241 e. The van der Waals surface area contributed by atoms with Crippen molar-refractivity contribution in [1.82, 2.24) is 15.0 Å². The molecule has 0 fully saturated rings. The van der Waals surface area contributed by atoms with Gasteiger partial charge in [0.1, 0.15) is 12.3 Å². The molecule has 7 nitrogen and oxygen atoms in total. The van der Waals surface area contributed by atoms with Crippen LogP contribution < -0.4 is 10.0 Å². The molecule has 182 valence electrons. The summed E-state index contributed by atoms with van der Waals surface area (Å²) in [5.74, 6) is -0.483. The van der Waals surface area contributed by atoms with Crippen molar-refractivity contribution in [3.63, 3.8) is 0 Å². The van der Waals surface area contributed by atoms with Crippen LogP contribution in [0.4, 0.5) is 0 Å². The lowest BCUT2D eigenvalue weighted by Crippen LogP contribution is -2.51.